The molecule has 1 aliphatic carbocycles. The van der Waals surface area contributed by atoms with Crippen LogP contribution in [-0.2, 0) is 11.8 Å². The number of halogens is 2. The van der Waals surface area contributed by atoms with Crippen molar-refractivity contribution >= 4 is 0 Å². The van der Waals surface area contributed by atoms with Gasteiger partial charge in [-0.3, -0.25) is 0 Å². The Morgan fingerprint density at radius 3 is 2.40 bits per heavy atom. The van der Waals surface area contributed by atoms with Gasteiger partial charge < -0.3 is 0 Å². The van der Waals surface area contributed by atoms with Gasteiger partial charge in [-0.15, -0.1) is 0 Å². The van der Waals surface area contributed by atoms with Gasteiger partial charge in [0.25, 0.3) is 0 Å². The van der Waals surface area contributed by atoms with Gasteiger partial charge in [0.15, 0.2) is 0 Å². The first-order valence-electron chi connectivity index (χ1n) is 5.44. The summed E-state index contributed by atoms with van der Waals surface area (Å²) in [7, 11) is 0. The Morgan fingerprint density at radius 2 is 1.80 bits per heavy atom. The van der Waals surface area contributed by atoms with E-state index in [1.807, 2.05) is 6.92 Å². The molecule has 2 rings (SSSR count). The van der Waals surface area contributed by atoms with Crippen LogP contribution in [-0.4, -0.2) is 0 Å². The minimum absolute atomic E-state index is 0.207. The average Bonchev–Trinajstić information content (AvgIpc) is 2.53. The molecule has 2 heteroatoms. The van der Waals surface area contributed by atoms with Gasteiger partial charge in [0, 0.05) is 5.56 Å². The summed E-state index contributed by atoms with van der Waals surface area (Å²) in [6.07, 6.45) is 1.51. The molecule has 0 heterocycles. The van der Waals surface area contributed by atoms with E-state index in [0.29, 0.717) is 23.5 Å². The van der Waals surface area contributed by atoms with Crippen molar-refractivity contribution in [3.8, 4) is 0 Å². The van der Waals surface area contributed by atoms with Gasteiger partial charge in [-0.2, -0.15) is 0 Å². The molecule has 0 N–H and O–H groups in total. The van der Waals surface area contributed by atoms with Crippen LogP contribution in [0.1, 0.15) is 38.3 Å². The molecule has 0 radical (unpaired) electrons. The van der Waals surface area contributed by atoms with Crippen LogP contribution < -0.4 is 0 Å². The fraction of sp³-hybridized carbons (Fsp3) is 0.538. The first-order chi connectivity index (χ1) is 6.97. The van der Waals surface area contributed by atoms with E-state index in [4.69, 9.17) is 0 Å². The Hall–Kier alpha value is -0.920. The highest BCUT2D eigenvalue weighted by atomic mass is 19.1. The molecule has 0 bridgehead atoms. The first-order valence-corrected chi connectivity index (χ1v) is 5.44. The Balaban J connectivity index is 2.64. The lowest BCUT2D eigenvalue weighted by atomic mass is 9.74. The van der Waals surface area contributed by atoms with E-state index < -0.39 is 0 Å². The molecule has 0 aromatic heterocycles. The highest BCUT2D eigenvalue weighted by Crippen LogP contribution is 2.45. The molecule has 1 aliphatic rings. The van der Waals surface area contributed by atoms with Crippen LogP contribution in [0.2, 0.25) is 0 Å². The molecule has 0 saturated heterocycles. The average molecular weight is 210 g/mol. The Bertz CT molecular complexity index is 396. The molecule has 0 aliphatic heterocycles. The topological polar surface area (TPSA) is 0 Å². The smallest absolute Gasteiger partial charge is 0.127 e. The third-order valence-corrected chi connectivity index (χ3v) is 3.94. The van der Waals surface area contributed by atoms with E-state index in [-0.39, 0.29) is 17.0 Å². The second-order valence-electron chi connectivity index (χ2n) is 4.95. The van der Waals surface area contributed by atoms with Gasteiger partial charge in [-0.1, -0.05) is 20.8 Å². The van der Waals surface area contributed by atoms with Crippen LogP contribution in [0, 0.1) is 17.6 Å². The molecule has 82 valence electrons. The van der Waals surface area contributed by atoms with Crippen LogP contribution in [0.25, 0.3) is 0 Å². The van der Waals surface area contributed by atoms with Gasteiger partial charge in [0.05, 0.1) is 0 Å². The van der Waals surface area contributed by atoms with E-state index in [1.165, 1.54) is 12.1 Å². The SMILES string of the molecule is CC(C)C1(C)CCc2c(F)ccc(F)c21. The molecule has 0 saturated carbocycles. The molecule has 0 spiro atoms. The van der Waals surface area contributed by atoms with E-state index in [2.05, 4.69) is 13.8 Å². The van der Waals surface area contributed by atoms with Crippen molar-refractivity contribution in [1.82, 2.24) is 0 Å². The number of hydrogen-bond acceptors (Lipinski definition) is 0. The van der Waals surface area contributed by atoms with Crippen LogP contribution in [0.5, 0.6) is 0 Å². The van der Waals surface area contributed by atoms with Gasteiger partial charge in [-0.05, 0) is 41.9 Å². The van der Waals surface area contributed by atoms with Crippen LogP contribution in [0.4, 0.5) is 8.78 Å². The van der Waals surface area contributed by atoms with Gasteiger partial charge in [-0.25, -0.2) is 8.78 Å². The van der Waals surface area contributed by atoms with Crippen LogP contribution in [0.3, 0.4) is 0 Å². The molecule has 0 fully saturated rings. The zero-order chi connectivity index (χ0) is 11.2. The van der Waals surface area contributed by atoms with Crippen molar-refractivity contribution in [2.75, 3.05) is 0 Å². The maximum Gasteiger partial charge on any atom is 0.127 e. The van der Waals surface area contributed by atoms with E-state index in [0.717, 1.165) is 6.42 Å². The fourth-order valence-corrected chi connectivity index (χ4v) is 2.54. The lowest BCUT2D eigenvalue weighted by Crippen LogP contribution is -2.26. The molecule has 1 aromatic rings. The van der Waals surface area contributed by atoms with Gasteiger partial charge in [0.2, 0.25) is 0 Å². The van der Waals surface area contributed by atoms with Crippen LogP contribution in [0.15, 0.2) is 12.1 Å². The Kier molecular flexibility index (Phi) is 2.32. The highest BCUT2D eigenvalue weighted by Gasteiger charge is 2.40. The summed E-state index contributed by atoms with van der Waals surface area (Å²) in [4.78, 5) is 0. The quantitative estimate of drug-likeness (QED) is 0.661. The highest BCUT2D eigenvalue weighted by molar-refractivity contribution is 5.41. The van der Waals surface area contributed by atoms with Crippen molar-refractivity contribution in [3.63, 3.8) is 0 Å². The third-order valence-electron chi connectivity index (χ3n) is 3.94. The van der Waals surface area contributed by atoms with E-state index in [1.54, 1.807) is 0 Å². The molecular weight excluding hydrogens is 194 g/mol. The molecule has 1 aromatic carbocycles. The maximum absolute atomic E-state index is 13.8. The summed E-state index contributed by atoms with van der Waals surface area (Å²) >= 11 is 0. The van der Waals surface area contributed by atoms with Crippen molar-refractivity contribution in [3.05, 3.63) is 34.9 Å². The number of fused-ring (bicyclic) bond motifs is 1. The zero-order valence-corrected chi connectivity index (χ0v) is 9.40. The van der Waals surface area contributed by atoms with Crippen molar-refractivity contribution in [2.24, 2.45) is 5.92 Å². The van der Waals surface area contributed by atoms with Crippen molar-refractivity contribution in [2.45, 2.75) is 39.0 Å². The maximum atomic E-state index is 13.8. The summed E-state index contributed by atoms with van der Waals surface area (Å²) in [5.74, 6) is -0.175. The molecule has 1 atom stereocenters. The Labute approximate surface area is 89.3 Å². The number of rotatable bonds is 1. The molecule has 0 amide bonds. The van der Waals surface area contributed by atoms with Gasteiger partial charge in [0.1, 0.15) is 11.6 Å². The monoisotopic (exact) mass is 210 g/mol. The second-order valence-corrected chi connectivity index (χ2v) is 4.95. The predicted octanol–water partition coefficient (Wildman–Crippen LogP) is 3.82. The molecule has 0 nitrogen and oxygen atoms in total. The van der Waals surface area contributed by atoms with E-state index in [9.17, 15) is 8.78 Å². The second kappa shape index (κ2) is 3.29. The molecular formula is C13H16F2. The summed E-state index contributed by atoms with van der Waals surface area (Å²) in [6, 6.07) is 2.49. The lowest BCUT2D eigenvalue weighted by molar-refractivity contribution is 0.326. The minimum atomic E-state index is -0.254. The lowest BCUT2D eigenvalue weighted by Gasteiger charge is -2.30. The first kappa shape index (κ1) is 10.6. The summed E-state index contributed by atoms with van der Waals surface area (Å²) in [5.41, 5.74) is 0.991. The largest absolute Gasteiger partial charge is 0.207 e. The number of hydrogen-bond donors (Lipinski definition) is 0. The number of benzene rings is 1. The predicted molar refractivity (Wildman–Crippen MR) is 56.9 cm³/mol. The van der Waals surface area contributed by atoms with Crippen molar-refractivity contribution in [1.29, 1.82) is 0 Å². The normalized spacial score (nSPS) is 24.7. The van der Waals surface area contributed by atoms with Crippen LogP contribution >= 0.6 is 0 Å². The summed E-state index contributed by atoms with van der Waals surface area (Å²) < 4.78 is 27.3. The minimum Gasteiger partial charge on any atom is -0.207 e. The summed E-state index contributed by atoms with van der Waals surface area (Å²) in [6.45, 7) is 6.17. The van der Waals surface area contributed by atoms with E-state index >= 15 is 0 Å². The molecule has 15 heavy (non-hydrogen) atoms. The Morgan fingerprint density at radius 1 is 1.20 bits per heavy atom. The van der Waals surface area contributed by atoms with Gasteiger partial charge >= 0.3 is 0 Å². The molecule has 1 unspecified atom stereocenters. The zero-order valence-electron chi connectivity index (χ0n) is 9.40. The third kappa shape index (κ3) is 1.38. The fourth-order valence-electron chi connectivity index (χ4n) is 2.54. The summed E-state index contributed by atoms with van der Waals surface area (Å²) in [5, 5.41) is 0. The van der Waals surface area contributed by atoms with Crippen molar-refractivity contribution < 1.29 is 8.78 Å². The standard InChI is InChI=1S/C13H16F2/c1-8(2)13(3)7-6-9-10(14)4-5-11(15)12(9)13/h4-5,8H,6-7H2,1-3H3.